The molecule has 0 aromatic heterocycles. The molecule has 0 heterocycles. The van der Waals surface area contributed by atoms with Crippen LogP contribution in [0.25, 0.3) is 0 Å². The van der Waals surface area contributed by atoms with E-state index in [9.17, 15) is 10.1 Å². The van der Waals surface area contributed by atoms with Gasteiger partial charge >= 0.3 is 0 Å². The average Bonchev–Trinajstić information content (AvgIpc) is 2.19. The molecule has 2 heteroatoms. The van der Waals surface area contributed by atoms with Crippen LogP contribution < -0.4 is 0 Å². The van der Waals surface area contributed by atoms with E-state index >= 15 is 0 Å². The molecule has 0 unspecified atom stereocenters. The maximum Gasteiger partial charge on any atom is 0.153 e. The van der Waals surface area contributed by atoms with Gasteiger partial charge in [-0.15, -0.1) is 0 Å². The molecular weight excluding hydrogens is 174 g/mol. The van der Waals surface area contributed by atoms with Gasteiger partial charge in [0.05, 0.1) is 6.07 Å². The highest BCUT2D eigenvalue weighted by molar-refractivity contribution is 5.89. The van der Waals surface area contributed by atoms with E-state index in [2.05, 4.69) is 12.1 Å². The Hall–Kier alpha value is -1.10. The van der Waals surface area contributed by atoms with Gasteiger partial charge in [0.15, 0.2) is 5.78 Å². The summed E-state index contributed by atoms with van der Waals surface area (Å²) < 4.78 is 0. The molecule has 14 heavy (non-hydrogen) atoms. The van der Waals surface area contributed by atoms with Crippen molar-refractivity contribution in [1.29, 1.82) is 5.26 Å². The van der Waals surface area contributed by atoms with Gasteiger partial charge in [-0.1, -0.05) is 19.1 Å². The molecule has 0 amide bonds. The number of hydrogen-bond acceptors (Lipinski definition) is 2. The monoisotopic (exact) mass is 189 g/mol. The molecule has 0 N–H and O–H groups in total. The quantitative estimate of drug-likeness (QED) is 0.549. The number of carbonyl (C=O) groups is 1. The third-order valence-corrected chi connectivity index (χ3v) is 3.81. The van der Waals surface area contributed by atoms with Crippen molar-refractivity contribution in [3.63, 3.8) is 0 Å². The van der Waals surface area contributed by atoms with Crippen molar-refractivity contribution in [2.24, 2.45) is 17.3 Å². The topological polar surface area (TPSA) is 40.9 Å². The number of hydrogen-bond donors (Lipinski definition) is 0. The van der Waals surface area contributed by atoms with Crippen molar-refractivity contribution in [1.82, 2.24) is 0 Å². The lowest BCUT2D eigenvalue weighted by Gasteiger charge is -2.42. The van der Waals surface area contributed by atoms with Gasteiger partial charge in [-0.25, -0.2) is 0 Å². The summed E-state index contributed by atoms with van der Waals surface area (Å²) in [5.74, 6) is 0.542. The predicted octanol–water partition coefficient (Wildman–Crippen LogP) is 2.46. The van der Waals surface area contributed by atoms with E-state index in [1.54, 1.807) is 0 Å². The Kier molecular flexibility index (Phi) is 2.19. The lowest BCUT2D eigenvalue weighted by molar-refractivity contribution is -0.133. The maximum absolute atomic E-state index is 11.9. The third kappa shape index (κ3) is 1.05. The lowest BCUT2D eigenvalue weighted by atomic mass is 9.57. The van der Waals surface area contributed by atoms with E-state index in [1.807, 2.05) is 13.0 Å². The molecule has 2 nitrogen and oxygen atoms in total. The summed E-state index contributed by atoms with van der Waals surface area (Å²) in [6.07, 6.45) is 7.67. The summed E-state index contributed by atoms with van der Waals surface area (Å²) in [7, 11) is 0. The summed E-state index contributed by atoms with van der Waals surface area (Å²) >= 11 is 0. The lowest BCUT2D eigenvalue weighted by Crippen LogP contribution is -2.46. The highest BCUT2D eigenvalue weighted by Gasteiger charge is 2.51. The Labute approximate surface area is 84.6 Å². The van der Waals surface area contributed by atoms with Crippen LogP contribution in [-0.2, 0) is 4.79 Å². The molecule has 0 radical (unpaired) electrons. The van der Waals surface area contributed by atoms with Crippen molar-refractivity contribution in [2.45, 2.75) is 32.6 Å². The Balaban J connectivity index is 2.45. The summed E-state index contributed by atoms with van der Waals surface area (Å²) in [6.45, 7) is 2.00. The summed E-state index contributed by atoms with van der Waals surface area (Å²) in [5, 5.41) is 9.31. The molecule has 2 aliphatic rings. The first kappa shape index (κ1) is 9.45. The van der Waals surface area contributed by atoms with Gasteiger partial charge in [-0.2, -0.15) is 5.26 Å². The average molecular weight is 189 g/mol. The van der Waals surface area contributed by atoms with E-state index < -0.39 is 5.41 Å². The fourth-order valence-corrected chi connectivity index (χ4v) is 2.95. The zero-order valence-electron chi connectivity index (χ0n) is 8.49. The Morgan fingerprint density at radius 2 is 2.43 bits per heavy atom. The number of Topliss-reactive ketones (excluding diaryl/α,β-unsaturated/α-hetero) is 1. The first-order chi connectivity index (χ1) is 6.71. The van der Waals surface area contributed by atoms with E-state index in [0.717, 1.165) is 19.3 Å². The molecule has 74 valence electrons. The van der Waals surface area contributed by atoms with Crippen molar-refractivity contribution >= 4 is 5.78 Å². The summed E-state index contributed by atoms with van der Waals surface area (Å²) in [6, 6.07) is 2.32. The van der Waals surface area contributed by atoms with Gasteiger partial charge in [-0.3, -0.25) is 4.79 Å². The zero-order valence-corrected chi connectivity index (χ0v) is 8.49. The summed E-state index contributed by atoms with van der Waals surface area (Å²) in [4.78, 5) is 11.9. The molecule has 1 fully saturated rings. The molecular formula is C12H15NO. The molecule has 0 bridgehead atoms. The predicted molar refractivity (Wildman–Crippen MR) is 53.3 cm³/mol. The van der Waals surface area contributed by atoms with Crippen molar-refractivity contribution in [3.05, 3.63) is 12.2 Å². The minimum absolute atomic E-state index is 0.0963. The van der Waals surface area contributed by atoms with Crippen LogP contribution >= 0.6 is 0 Å². The smallest absolute Gasteiger partial charge is 0.153 e. The van der Waals surface area contributed by atoms with Gasteiger partial charge < -0.3 is 0 Å². The maximum atomic E-state index is 11.9. The van der Waals surface area contributed by atoms with Crippen LogP contribution in [0, 0.1) is 28.6 Å². The molecule has 0 aromatic rings. The molecule has 0 aromatic carbocycles. The second-order valence-corrected chi connectivity index (χ2v) is 4.45. The second-order valence-electron chi connectivity index (χ2n) is 4.45. The minimum atomic E-state index is -0.688. The first-order valence-electron chi connectivity index (χ1n) is 5.33. The van der Waals surface area contributed by atoms with Crippen LogP contribution in [0.15, 0.2) is 12.2 Å². The molecule has 1 saturated carbocycles. The third-order valence-electron chi connectivity index (χ3n) is 3.81. The Bertz CT molecular complexity index is 326. The van der Waals surface area contributed by atoms with E-state index in [1.165, 1.54) is 0 Å². The Morgan fingerprint density at radius 3 is 3.07 bits per heavy atom. The van der Waals surface area contributed by atoms with Crippen LogP contribution in [0.1, 0.15) is 32.6 Å². The minimum Gasteiger partial charge on any atom is -0.298 e. The van der Waals surface area contributed by atoms with E-state index in [0.29, 0.717) is 6.42 Å². The number of fused-ring (bicyclic) bond motifs is 1. The van der Waals surface area contributed by atoms with E-state index in [4.69, 9.17) is 0 Å². The number of nitrogens with zero attached hydrogens (tertiary/aromatic N) is 1. The zero-order chi connectivity index (χ0) is 10.2. The number of ketones is 1. The van der Waals surface area contributed by atoms with Crippen LogP contribution in [0.3, 0.4) is 0 Å². The number of nitriles is 1. The van der Waals surface area contributed by atoms with Crippen LogP contribution in [0.2, 0.25) is 0 Å². The molecule has 3 atom stereocenters. The van der Waals surface area contributed by atoms with Gasteiger partial charge in [-0.05, 0) is 31.1 Å². The SMILES string of the molecule is C[C@@H]1C=CC[C@@H]2CCCC(=O)[C@@]21C#N. The van der Waals surface area contributed by atoms with Crippen LogP contribution in [-0.4, -0.2) is 5.78 Å². The summed E-state index contributed by atoms with van der Waals surface area (Å²) in [5.41, 5.74) is -0.688. The van der Waals surface area contributed by atoms with Crippen molar-refractivity contribution < 1.29 is 4.79 Å². The number of allylic oxidation sites excluding steroid dienone is 2. The highest BCUT2D eigenvalue weighted by atomic mass is 16.1. The molecule has 0 saturated heterocycles. The van der Waals surface area contributed by atoms with Crippen LogP contribution in [0.5, 0.6) is 0 Å². The Morgan fingerprint density at radius 1 is 1.64 bits per heavy atom. The van der Waals surface area contributed by atoms with E-state index in [-0.39, 0.29) is 17.6 Å². The fraction of sp³-hybridized carbons (Fsp3) is 0.667. The standard InChI is InChI=1S/C12H15NO/c1-9-4-2-5-10-6-3-7-11(14)12(9,10)8-13/h2,4,9-10H,3,5-7H2,1H3/t9-,10-,12-/m1/s1. The molecule has 2 aliphatic carbocycles. The van der Waals surface area contributed by atoms with Crippen LogP contribution in [0.4, 0.5) is 0 Å². The largest absolute Gasteiger partial charge is 0.298 e. The van der Waals surface area contributed by atoms with Crippen molar-refractivity contribution in [3.8, 4) is 6.07 Å². The molecule has 0 spiro atoms. The van der Waals surface area contributed by atoms with Gasteiger partial charge in [0.1, 0.15) is 5.41 Å². The first-order valence-corrected chi connectivity index (χ1v) is 5.33. The van der Waals surface area contributed by atoms with Gasteiger partial charge in [0.25, 0.3) is 0 Å². The van der Waals surface area contributed by atoms with Gasteiger partial charge in [0, 0.05) is 6.42 Å². The normalized spacial score (nSPS) is 41.6. The molecule has 0 aliphatic heterocycles. The molecule has 2 rings (SSSR count). The number of carbonyl (C=O) groups excluding carboxylic acids is 1. The van der Waals surface area contributed by atoms with Crippen molar-refractivity contribution in [2.75, 3.05) is 0 Å². The fourth-order valence-electron chi connectivity index (χ4n) is 2.95. The van der Waals surface area contributed by atoms with Gasteiger partial charge in [0.2, 0.25) is 0 Å². The highest BCUT2D eigenvalue weighted by Crippen LogP contribution is 2.48. The number of rotatable bonds is 0. The second kappa shape index (κ2) is 3.24.